The number of rotatable bonds is 5. The number of benzene rings is 1. The summed E-state index contributed by atoms with van der Waals surface area (Å²) in [6, 6.07) is 11.7. The lowest BCUT2D eigenvalue weighted by molar-refractivity contribution is 0.0734. The molecule has 1 N–H and O–H groups in total. The number of amides is 1. The summed E-state index contributed by atoms with van der Waals surface area (Å²) >= 11 is 0. The molecule has 0 radical (unpaired) electrons. The molecule has 27 heavy (non-hydrogen) atoms. The van der Waals surface area contributed by atoms with Gasteiger partial charge in [-0.15, -0.1) is 0 Å². The van der Waals surface area contributed by atoms with E-state index in [1.165, 1.54) is 12.4 Å². The molecule has 0 atom stereocenters. The molecule has 0 fully saturated rings. The monoisotopic (exact) mass is 363 g/mol. The normalized spacial score (nSPS) is 10.7. The van der Waals surface area contributed by atoms with Crippen molar-refractivity contribution in [3.63, 3.8) is 0 Å². The Hall–Kier alpha value is -3.74. The van der Waals surface area contributed by atoms with E-state index in [-0.39, 0.29) is 5.91 Å². The van der Waals surface area contributed by atoms with E-state index in [0.29, 0.717) is 28.4 Å². The molecule has 0 saturated heterocycles. The van der Waals surface area contributed by atoms with Crippen LogP contribution in [0.1, 0.15) is 37.8 Å². The first-order valence-corrected chi connectivity index (χ1v) is 8.15. The molecule has 0 spiro atoms. The average molecular weight is 363 g/mol. The maximum Gasteiger partial charge on any atom is 0.345 e. The van der Waals surface area contributed by atoms with E-state index in [2.05, 4.69) is 15.5 Å². The number of nitrogens with zero attached hydrogens (tertiary/aromatic N) is 2. The quantitative estimate of drug-likeness (QED) is 0.325. The van der Waals surface area contributed by atoms with Gasteiger partial charge in [0, 0.05) is 12.4 Å². The third-order valence-electron chi connectivity index (χ3n) is 3.65. The SMILES string of the molecule is Cc1cc(C(=O)N/N=C/c2ccc(OC(=O)c3cccnc3)cc2)c(C)o1. The molecule has 7 heteroatoms. The predicted molar refractivity (Wildman–Crippen MR) is 98.9 cm³/mol. The Morgan fingerprint density at radius 2 is 1.96 bits per heavy atom. The first kappa shape index (κ1) is 18.1. The van der Waals surface area contributed by atoms with Gasteiger partial charge in [-0.05, 0) is 61.9 Å². The fourth-order valence-corrected chi connectivity index (χ4v) is 2.35. The van der Waals surface area contributed by atoms with Gasteiger partial charge < -0.3 is 9.15 Å². The van der Waals surface area contributed by atoms with Gasteiger partial charge in [0.05, 0.1) is 17.3 Å². The molecule has 136 valence electrons. The molecule has 0 bridgehead atoms. The van der Waals surface area contributed by atoms with E-state index in [1.807, 2.05) is 0 Å². The van der Waals surface area contributed by atoms with Crippen molar-refractivity contribution in [2.24, 2.45) is 5.10 Å². The van der Waals surface area contributed by atoms with Gasteiger partial charge in [0.1, 0.15) is 17.3 Å². The fraction of sp³-hybridized carbons (Fsp3) is 0.100. The number of esters is 1. The molecule has 3 aromatic rings. The second-order valence-electron chi connectivity index (χ2n) is 5.73. The molecular formula is C20H17N3O4. The van der Waals surface area contributed by atoms with E-state index in [4.69, 9.17) is 9.15 Å². The van der Waals surface area contributed by atoms with Crippen LogP contribution in [0.25, 0.3) is 0 Å². The fourth-order valence-electron chi connectivity index (χ4n) is 2.35. The van der Waals surface area contributed by atoms with Crippen molar-refractivity contribution in [3.05, 3.63) is 83.1 Å². The number of hydrogen-bond donors (Lipinski definition) is 1. The zero-order valence-corrected chi connectivity index (χ0v) is 14.8. The molecule has 0 aliphatic carbocycles. The van der Waals surface area contributed by atoms with Crippen molar-refractivity contribution in [3.8, 4) is 5.75 Å². The Balaban J connectivity index is 1.57. The number of hydrazone groups is 1. The number of aromatic nitrogens is 1. The average Bonchev–Trinajstić information content (AvgIpc) is 3.02. The Labute approximate surface area is 155 Å². The summed E-state index contributed by atoms with van der Waals surface area (Å²) in [5.41, 5.74) is 4.00. The van der Waals surface area contributed by atoms with Crippen LogP contribution in [0.5, 0.6) is 5.75 Å². The molecular weight excluding hydrogens is 346 g/mol. The molecule has 3 rings (SSSR count). The number of aryl methyl sites for hydroxylation is 2. The van der Waals surface area contributed by atoms with Crippen LogP contribution in [-0.2, 0) is 0 Å². The van der Waals surface area contributed by atoms with Crippen LogP contribution in [-0.4, -0.2) is 23.1 Å². The lowest BCUT2D eigenvalue weighted by Gasteiger charge is -2.04. The van der Waals surface area contributed by atoms with Crippen LogP contribution < -0.4 is 10.2 Å². The van der Waals surface area contributed by atoms with Crippen LogP contribution in [0.2, 0.25) is 0 Å². The van der Waals surface area contributed by atoms with Gasteiger partial charge in [0.2, 0.25) is 0 Å². The second kappa shape index (κ2) is 8.09. The van der Waals surface area contributed by atoms with Gasteiger partial charge in [-0.3, -0.25) is 9.78 Å². The Morgan fingerprint density at radius 3 is 2.59 bits per heavy atom. The third-order valence-corrected chi connectivity index (χ3v) is 3.65. The minimum Gasteiger partial charge on any atom is -0.466 e. The number of ether oxygens (including phenoxy) is 1. The van der Waals surface area contributed by atoms with Gasteiger partial charge in [0.15, 0.2) is 0 Å². The van der Waals surface area contributed by atoms with Crippen molar-refractivity contribution in [2.45, 2.75) is 13.8 Å². The van der Waals surface area contributed by atoms with Crippen LogP contribution >= 0.6 is 0 Å². The zero-order chi connectivity index (χ0) is 19.2. The molecule has 7 nitrogen and oxygen atoms in total. The van der Waals surface area contributed by atoms with Crippen molar-refractivity contribution in [1.29, 1.82) is 0 Å². The Kier molecular flexibility index (Phi) is 5.41. The molecule has 2 aromatic heterocycles. The highest BCUT2D eigenvalue weighted by Crippen LogP contribution is 2.14. The summed E-state index contributed by atoms with van der Waals surface area (Å²) in [5.74, 6) is 0.776. The molecule has 0 unspecified atom stereocenters. The van der Waals surface area contributed by atoms with Crippen LogP contribution in [0, 0.1) is 13.8 Å². The van der Waals surface area contributed by atoms with Crippen molar-refractivity contribution in [2.75, 3.05) is 0 Å². The molecule has 1 aromatic carbocycles. The molecule has 0 saturated carbocycles. The Morgan fingerprint density at radius 1 is 1.19 bits per heavy atom. The van der Waals surface area contributed by atoms with Crippen LogP contribution in [0.15, 0.2) is 64.4 Å². The third kappa shape index (κ3) is 4.66. The summed E-state index contributed by atoms with van der Waals surface area (Å²) in [6.45, 7) is 3.49. The Bertz CT molecular complexity index is 976. The zero-order valence-electron chi connectivity index (χ0n) is 14.8. The van der Waals surface area contributed by atoms with Gasteiger partial charge >= 0.3 is 5.97 Å². The minimum absolute atomic E-state index is 0.345. The summed E-state index contributed by atoms with van der Waals surface area (Å²) in [5, 5.41) is 3.92. The number of carbonyl (C=O) groups excluding carboxylic acids is 2. The highest BCUT2D eigenvalue weighted by molar-refractivity contribution is 5.96. The van der Waals surface area contributed by atoms with E-state index in [9.17, 15) is 9.59 Å². The number of nitrogens with one attached hydrogen (secondary N) is 1. The van der Waals surface area contributed by atoms with Crippen molar-refractivity contribution in [1.82, 2.24) is 10.4 Å². The smallest absolute Gasteiger partial charge is 0.345 e. The number of hydrogen-bond acceptors (Lipinski definition) is 6. The van der Waals surface area contributed by atoms with Gasteiger partial charge in [-0.2, -0.15) is 5.10 Å². The highest BCUT2D eigenvalue weighted by atomic mass is 16.5. The summed E-state index contributed by atoms with van der Waals surface area (Å²) < 4.78 is 10.6. The lowest BCUT2D eigenvalue weighted by Crippen LogP contribution is -2.17. The number of carbonyl (C=O) groups is 2. The lowest BCUT2D eigenvalue weighted by atomic mass is 10.2. The van der Waals surface area contributed by atoms with E-state index < -0.39 is 5.97 Å². The van der Waals surface area contributed by atoms with E-state index >= 15 is 0 Å². The highest BCUT2D eigenvalue weighted by Gasteiger charge is 2.12. The van der Waals surface area contributed by atoms with Crippen LogP contribution in [0.3, 0.4) is 0 Å². The topological polar surface area (TPSA) is 93.8 Å². The first-order chi connectivity index (χ1) is 13.0. The number of furan rings is 1. The van der Waals surface area contributed by atoms with E-state index in [0.717, 1.165) is 5.56 Å². The molecule has 2 heterocycles. The summed E-state index contributed by atoms with van der Waals surface area (Å²) in [7, 11) is 0. The van der Waals surface area contributed by atoms with Gasteiger partial charge in [0.25, 0.3) is 5.91 Å². The molecule has 0 aliphatic rings. The standard InChI is InChI=1S/C20H17N3O4/c1-13-10-18(14(2)26-13)19(24)23-22-11-15-5-7-17(8-6-15)27-20(25)16-4-3-9-21-12-16/h3-12H,1-2H3,(H,23,24)/b22-11+. The van der Waals surface area contributed by atoms with E-state index in [1.54, 1.807) is 62.5 Å². The van der Waals surface area contributed by atoms with Gasteiger partial charge in [-0.1, -0.05) is 0 Å². The first-order valence-electron chi connectivity index (χ1n) is 8.15. The van der Waals surface area contributed by atoms with Crippen molar-refractivity contribution >= 4 is 18.1 Å². The molecule has 0 aliphatic heterocycles. The maximum atomic E-state index is 12.0. The summed E-state index contributed by atoms with van der Waals surface area (Å²) in [4.78, 5) is 27.9. The number of pyridine rings is 1. The summed E-state index contributed by atoms with van der Waals surface area (Å²) in [6.07, 6.45) is 4.51. The molecule has 1 amide bonds. The van der Waals surface area contributed by atoms with Gasteiger partial charge in [-0.25, -0.2) is 10.2 Å². The minimum atomic E-state index is -0.484. The second-order valence-corrected chi connectivity index (χ2v) is 5.73. The van der Waals surface area contributed by atoms with Crippen molar-refractivity contribution < 1.29 is 18.7 Å². The largest absolute Gasteiger partial charge is 0.466 e. The maximum absolute atomic E-state index is 12.0. The predicted octanol–water partition coefficient (Wildman–Crippen LogP) is 3.27. The van der Waals surface area contributed by atoms with Crippen LogP contribution in [0.4, 0.5) is 0 Å².